The molecule has 3 heterocycles. The van der Waals surface area contributed by atoms with Gasteiger partial charge in [-0.25, -0.2) is 4.98 Å². The monoisotopic (exact) mass is 339 g/mol. The number of nitrogens with zero attached hydrogens (tertiary/aromatic N) is 3. The van der Waals surface area contributed by atoms with E-state index in [-0.39, 0.29) is 24.2 Å². The van der Waals surface area contributed by atoms with Crippen LogP contribution in [0.25, 0.3) is 0 Å². The summed E-state index contributed by atoms with van der Waals surface area (Å²) in [4.78, 5) is 23.2. The second-order valence-electron chi connectivity index (χ2n) is 6.39. The highest BCUT2D eigenvalue weighted by Crippen LogP contribution is 2.32. The van der Waals surface area contributed by atoms with Gasteiger partial charge >= 0.3 is 0 Å². The van der Waals surface area contributed by atoms with Crippen LogP contribution in [0.1, 0.15) is 18.5 Å². The number of ether oxygens (including phenoxy) is 2. The zero-order chi connectivity index (χ0) is 17.1. The number of hydrogen-bond acceptors (Lipinski definition) is 5. The van der Waals surface area contributed by atoms with Gasteiger partial charge in [-0.05, 0) is 31.0 Å². The van der Waals surface area contributed by atoms with Crippen LogP contribution in [-0.2, 0) is 16.0 Å². The summed E-state index contributed by atoms with van der Waals surface area (Å²) in [5.74, 6) is 0.712. The fraction of sp³-hybridized carbons (Fsp3) is 0.421. The Morgan fingerprint density at radius 3 is 2.76 bits per heavy atom. The van der Waals surface area contributed by atoms with Crippen molar-refractivity contribution in [3.05, 3.63) is 54.5 Å². The summed E-state index contributed by atoms with van der Waals surface area (Å²) in [7, 11) is 0. The van der Waals surface area contributed by atoms with E-state index in [2.05, 4.69) is 9.97 Å². The van der Waals surface area contributed by atoms with E-state index in [1.807, 2.05) is 41.3 Å². The highest BCUT2D eigenvalue weighted by atomic mass is 16.5. The molecule has 1 saturated carbocycles. The van der Waals surface area contributed by atoms with E-state index in [1.165, 1.54) is 0 Å². The second kappa shape index (κ2) is 7.19. The van der Waals surface area contributed by atoms with E-state index in [4.69, 9.17) is 9.47 Å². The van der Waals surface area contributed by atoms with Crippen molar-refractivity contribution in [2.75, 3.05) is 13.2 Å². The van der Waals surface area contributed by atoms with Gasteiger partial charge in [0.15, 0.2) is 0 Å². The van der Waals surface area contributed by atoms with Gasteiger partial charge in [0.1, 0.15) is 12.2 Å². The van der Waals surface area contributed by atoms with Crippen LogP contribution in [0.15, 0.2) is 48.8 Å². The smallest absolute Gasteiger partial charge is 0.229 e. The van der Waals surface area contributed by atoms with Gasteiger partial charge in [-0.2, -0.15) is 0 Å². The third-order valence-electron chi connectivity index (χ3n) is 4.82. The zero-order valence-corrected chi connectivity index (χ0v) is 14.0. The van der Waals surface area contributed by atoms with Crippen molar-refractivity contribution in [1.29, 1.82) is 0 Å². The molecule has 6 heteroatoms. The SMILES string of the molecule is O=C(Cc1ccccn1)N1CCO[C@@H]2[C@@H](Oc3ccccn3)CC[C@H]21. The molecule has 0 aromatic carbocycles. The number of fused-ring (bicyclic) bond motifs is 1. The molecule has 2 aromatic heterocycles. The van der Waals surface area contributed by atoms with Crippen molar-refractivity contribution in [3.63, 3.8) is 0 Å². The molecular formula is C19H21N3O3. The standard InChI is InChI=1S/C19H21N3O3/c23-18(13-14-5-1-3-9-20-14)22-11-12-24-19-15(22)7-8-16(19)25-17-6-2-4-10-21-17/h1-6,9-10,15-16,19H,7-8,11-13H2/t15-,16+,19+/m1/s1. The van der Waals surface area contributed by atoms with Crippen LogP contribution in [0.3, 0.4) is 0 Å². The van der Waals surface area contributed by atoms with Crippen LogP contribution >= 0.6 is 0 Å². The molecule has 2 aliphatic rings. The molecule has 0 spiro atoms. The lowest BCUT2D eigenvalue weighted by molar-refractivity contribution is -0.147. The molecule has 6 nitrogen and oxygen atoms in total. The lowest BCUT2D eigenvalue weighted by Gasteiger charge is -2.39. The number of amides is 1. The van der Waals surface area contributed by atoms with Crippen LogP contribution in [0.4, 0.5) is 0 Å². The largest absolute Gasteiger partial charge is 0.471 e. The van der Waals surface area contributed by atoms with E-state index in [9.17, 15) is 4.79 Å². The number of pyridine rings is 2. The summed E-state index contributed by atoms with van der Waals surface area (Å²) < 4.78 is 12.0. The van der Waals surface area contributed by atoms with Crippen LogP contribution < -0.4 is 4.74 Å². The number of carbonyl (C=O) groups is 1. The van der Waals surface area contributed by atoms with Crippen molar-refractivity contribution in [2.24, 2.45) is 0 Å². The molecule has 1 aliphatic heterocycles. The highest BCUT2D eigenvalue weighted by Gasteiger charge is 2.45. The first-order valence-electron chi connectivity index (χ1n) is 8.70. The van der Waals surface area contributed by atoms with E-state index in [0.29, 0.717) is 25.5 Å². The normalized spacial score (nSPS) is 25.4. The minimum Gasteiger partial charge on any atom is -0.471 e. The number of aromatic nitrogens is 2. The van der Waals surface area contributed by atoms with Crippen LogP contribution in [-0.4, -0.2) is 52.2 Å². The first kappa shape index (κ1) is 16.0. The second-order valence-corrected chi connectivity index (χ2v) is 6.39. The van der Waals surface area contributed by atoms with Crippen LogP contribution in [0, 0.1) is 0 Å². The Morgan fingerprint density at radius 2 is 2.00 bits per heavy atom. The molecule has 4 rings (SSSR count). The zero-order valence-electron chi connectivity index (χ0n) is 14.0. The van der Waals surface area contributed by atoms with Gasteiger partial charge in [0.2, 0.25) is 11.8 Å². The lowest BCUT2D eigenvalue weighted by Crippen LogP contribution is -2.54. The van der Waals surface area contributed by atoms with Crippen LogP contribution in [0.5, 0.6) is 5.88 Å². The Labute approximate surface area is 146 Å². The third-order valence-corrected chi connectivity index (χ3v) is 4.82. The molecule has 3 atom stereocenters. The predicted molar refractivity (Wildman–Crippen MR) is 91.1 cm³/mol. The van der Waals surface area contributed by atoms with E-state index in [1.54, 1.807) is 12.4 Å². The fourth-order valence-corrected chi connectivity index (χ4v) is 3.68. The molecule has 1 aliphatic carbocycles. The lowest BCUT2D eigenvalue weighted by atomic mass is 10.1. The Morgan fingerprint density at radius 1 is 1.16 bits per heavy atom. The molecule has 0 unspecified atom stereocenters. The summed E-state index contributed by atoms with van der Waals surface area (Å²) in [6.07, 6.45) is 5.35. The maximum atomic E-state index is 12.8. The van der Waals surface area contributed by atoms with E-state index < -0.39 is 0 Å². The van der Waals surface area contributed by atoms with Gasteiger partial charge in [-0.1, -0.05) is 12.1 Å². The topological polar surface area (TPSA) is 64.6 Å². The number of hydrogen-bond donors (Lipinski definition) is 0. The predicted octanol–water partition coefficient (Wildman–Crippen LogP) is 1.86. The minimum absolute atomic E-state index is 0.0645. The quantitative estimate of drug-likeness (QED) is 0.851. The molecule has 25 heavy (non-hydrogen) atoms. The van der Waals surface area contributed by atoms with Gasteiger partial charge < -0.3 is 14.4 Å². The van der Waals surface area contributed by atoms with Crippen molar-refractivity contribution in [3.8, 4) is 5.88 Å². The Kier molecular flexibility index (Phi) is 4.61. The number of carbonyl (C=O) groups excluding carboxylic acids is 1. The first-order chi connectivity index (χ1) is 12.3. The van der Waals surface area contributed by atoms with Crippen molar-refractivity contribution in [1.82, 2.24) is 14.9 Å². The van der Waals surface area contributed by atoms with Crippen LogP contribution in [0.2, 0.25) is 0 Å². The Balaban J connectivity index is 1.43. The molecule has 2 aromatic rings. The van der Waals surface area contributed by atoms with Gasteiger partial charge in [-0.15, -0.1) is 0 Å². The Bertz CT molecular complexity index is 710. The first-order valence-corrected chi connectivity index (χ1v) is 8.70. The summed E-state index contributed by atoms with van der Waals surface area (Å²) in [6.45, 7) is 1.17. The third kappa shape index (κ3) is 3.49. The van der Waals surface area contributed by atoms with Gasteiger partial charge in [0, 0.05) is 30.7 Å². The molecule has 1 saturated heterocycles. The average Bonchev–Trinajstić information content (AvgIpc) is 3.06. The maximum Gasteiger partial charge on any atom is 0.229 e. The molecule has 0 radical (unpaired) electrons. The Hall–Kier alpha value is -2.47. The van der Waals surface area contributed by atoms with Crippen molar-refractivity contribution in [2.45, 2.75) is 37.5 Å². The molecule has 0 bridgehead atoms. The number of rotatable bonds is 4. The molecule has 1 amide bonds. The molecule has 2 fully saturated rings. The summed E-state index contributed by atoms with van der Waals surface area (Å²) in [5, 5.41) is 0. The van der Waals surface area contributed by atoms with Gasteiger partial charge in [0.25, 0.3) is 0 Å². The average molecular weight is 339 g/mol. The maximum absolute atomic E-state index is 12.8. The molecular weight excluding hydrogens is 318 g/mol. The van der Waals surface area contributed by atoms with Crippen molar-refractivity contribution >= 4 is 5.91 Å². The molecule has 0 N–H and O–H groups in total. The van der Waals surface area contributed by atoms with E-state index in [0.717, 1.165) is 18.5 Å². The van der Waals surface area contributed by atoms with E-state index >= 15 is 0 Å². The highest BCUT2D eigenvalue weighted by molar-refractivity contribution is 5.79. The summed E-state index contributed by atoms with van der Waals surface area (Å²) >= 11 is 0. The fourth-order valence-electron chi connectivity index (χ4n) is 3.68. The summed E-state index contributed by atoms with van der Waals surface area (Å²) in [6, 6.07) is 11.3. The minimum atomic E-state index is -0.0940. The molecule has 130 valence electrons. The van der Waals surface area contributed by atoms with Gasteiger partial charge in [0.05, 0.1) is 19.1 Å². The van der Waals surface area contributed by atoms with Gasteiger partial charge in [-0.3, -0.25) is 9.78 Å². The van der Waals surface area contributed by atoms with Crippen molar-refractivity contribution < 1.29 is 14.3 Å². The number of morpholine rings is 1. The summed E-state index contributed by atoms with van der Waals surface area (Å²) in [5.41, 5.74) is 0.801.